The van der Waals surface area contributed by atoms with E-state index in [0.29, 0.717) is 25.9 Å². The topological polar surface area (TPSA) is 95.9 Å². The van der Waals surface area contributed by atoms with Gasteiger partial charge in [-0.15, -0.1) is 0 Å². The quantitative estimate of drug-likeness (QED) is 0.0320. The van der Waals surface area contributed by atoms with Crippen LogP contribution in [0.4, 0.5) is 0 Å². The molecule has 0 fully saturated rings. The normalized spacial score (nSPS) is 12.6. The van der Waals surface area contributed by atoms with Gasteiger partial charge < -0.3 is 20.3 Å². The summed E-state index contributed by atoms with van der Waals surface area (Å²) in [5.41, 5.74) is 0. The smallest absolute Gasteiger partial charge is 0.305 e. The predicted molar refractivity (Wildman–Crippen MR) is 310 cm³/mol. The van der Waals surface area contributed by atoms with Gasteiger partial charge in [-0.1, -0.05) is 315 Å². The second kappa shape index (κ2) is 61.1. The third kappa shape index (κ3) is 57.7. The number of allylic oxidation sites excluding steroid dienone is 2. The van der Waals surface area contributed by atoms with Crippen LogP contribution in [-0.2, 0) is 14.3 Å². The minimum Gasteiger partial charge on any atom is -0.466 e. The van der Waals surface area contributed by atoms with Crippen molar-refractivity contribution >= 4 is 11.9 Å². The van der Waals surface area contributed by atoms with Gasteiger partial charge in [-0.25, -0.2) is 0 Å². The van der Waals surface area contributed by atoms with Crippen LogP contribution in [0, 0.1) is 0 Å². The van der Waals surface area contributed by atoms with Gasteiger partial charge in [0.2, 0.25) is 5.91 Å². The summed E-state index contributed by atoms with van der Waals surface area (Å²) in [7, 11) is 0. The predicted octanol–water partition coefficient (Wildman–Crippen LogP) is 20.4. The van der Waals surface area contributed by atoms with Crippen LogP contribution in [0.5, 0.6) is 0 Å². The van der Waals surface area contributed by atoms with E-state index >= 15 is 0 Å². The van der Waals surface area contributed by atoms with E-state index < -0.39 is 12.1 Å². The molecule has 0 radical (unpaired) electrons. The van der Waals surface area contributed by atoms with Gasteiger partial charge in [0.05, 0.1) is 25.4 Å². The fraction of sp³-hybridized carbons (Fsp3) is 0.938. The van der Waals surface area contributed by atoms with Crippen molar-refractivity contribution in [2.24, 2.45) is 0 Å². The molecule has 0 aliphatic heterocycles. The first-order chi connectivity index (χ1) is 35.0. The average molecular weight is 1000 g/mol. The number of rotatable bonds is 61. The highest BCUT2D eigenvalue weighted by atomic mass is 16.5. The first kappa shape index (κ1) is 69.6. The lowest BCUT2D eigenvalue weighted by Gasteiger charge is -2.22. The maximum absolute atomic E-state index is 12.5. The minimum atomic E-state index is -0.660. The Morgan fingerprint density at radius 2 is 0.662 bits per heavy atom. The molecule has 0 aliphatic rings. The lowest BCUT2D eigenvalue weighted by molar-refractivity contribution is -0.143. The second-order valence-electron chi connectivity index (χ2n) is 22.5. The molecule has 0 bridgehead atoms. The molecule has 0 rings (SSSR count). The van der Waals surface area contributed by atoms with Gasteiger partial charge in [-0.3, -0.25) is 9.59 Å². The Morgan fingerprint density at radius 3 is 1.03 bits per heavy atom. The molecule has 0 aromatic carbocycles. The van der Waals surface area contributed by atoms with E-state index in [0.717, 1.165) is 44.9 Å². The molecule has 6 nitrogen and oxygen atoms in total. The Labute approximate surface area is 444 Å². The highest BCUT2D eigenvalue weighted by molar-refractivity contribution is 5.76. The molecule has 6 heteroatoms. The Morgan fingerprint density at radius 1 is 0.380 bits per heavy atom. The zero-order valence-electron chi connectivity index (χ0n) is 48.2. The monoisotopic (exact) mass is 1000 g/mol. The van der Waals surface area contributed by atoms with Gasteiger partial charge in [0.25, 0.3) is 0 Å². The summed E-state index contributed by atoms with van der Waals surface area (Å²) in [6.45, 7) is 4.95. The maximum Gasteiger partial charge on any atom is 0.305 e. The molecule has 422 valence electrons. The van der Waals surface area contributed by atoms with Crippen LogP contribution in [0.1, 0.15) is 367 Å². The molecule has 0 aromatic rings. The summed E-state index contributed by atoms with van der Waals surface area (Å²) in [5, 5.41) is 23.3. The van der Waals surface area contributed by atoms with Gasteiger partial charge in [0.15, 0.2) is 0 Å². The Kier molecular flexibility index (Phi) is 59.9. The van der Waals surface area contributed by atoms with E-state index in [1.807, 2.05) is 0 Å². The van der Waals surface area contributed by atoms with Crippen molar-refractivity contribution < 1.29 is 24.5 Å². The lowest BCUT2D eigenvalue weighted by atomic mass is 10.0. The van der Waals surface area contributed by atoms with Crippen molar-refractivity contribution in [3.8, 4) is 0 Å². The van der Waals surface area contributed by atoms with Crippen molar-refractivity contribution in [2.75, 3.05) is 13.2 Å². The van der Waals surface area contributed by atoms with Gasteiger partial charge in [0.1, 0.15) is 0 Å². The van der Waals surface area contributed by atoms with E-state index in [1.165, 1.54) is 289 Å². The standard InChI is InChI=1S/C65H127NO5/c1-3-5-7-9-11-13-15-34-37-41-45-49-53-57-63(68)62(61-67)66-64(69)58-54-50-46-42-38-35-32-30-28-26-24-22-20-18-17-19-21-23-25-27-29-31-33-36-40-44-48-52-56-60-71-65(70)59-55-51-47-43-39-16-14-12-10-8-6-4-2/h12,14,62-63,67-68H,3-11,13,15-61H2,1-2H3,(H,66,69)/b14-12-. The number of aliphatic hydroxyl groups excluding tert-OH is 2. The Hall–Kier alpha value is -1.40. The van der Waals surface area contributed by atoms with Gasteiger partial charge in [-0.05, 0) is 51.4 Å². The molecule has 1 amide bonds. The highest BCUT2D eigenvalue weighted by Crippen LogP contribution is 2.19. The van der Waals surface area contributed by atoms with Gasteiger partial charge in [-0.2, -0.15) is 0 Å². The second-order valence-corrected chi connectivity index (χ2v) is 22.5. The molecule has 0 heterocycles. The van der Waals surface area contributed by atoms with E-state index in [2.05, 4.69) is 31.3 Å². The number of hydrogen-bond acceptors (Lipinski definition) is 5. The fourth-order valence-corrected chi connectivity index (χ4v) is 10.3. The van der Waals surface area contributed by atoms with E-state index in [9.17, 15) is 19.8 Å². The number of carbonyl (C=O) groups is 2. The zero-order chi connectivity index (χ0) is 51.4. The van der Waals surface area contributed by atoms with Crippen LogP contribution in [-0.4, -0.2) is 47.4 Å². The molecule has 2 atom stereocenters. The Bertz CT molecular complexity index is 1060. The Balaban J connectivity index is 3.32. The molecule has 3 N–H and O–H groups in total. The number of amides is 1. The first-order valence-electron chi connectivity index (χ1n) is 32.4. The number of nitrogens with one attached hydrogen (secondary N) is 1. The van der Waals surface area contributed by atoms with Crippen LogP contribution in [0.2, 0.25) is 0 Å². The van der Waals surface area contributed by atoms with Gasteiger partial charge in [0, 0.05) is 12.8 Å². The lowest BCUT2D eigenvalue weighted by Crippen LogP contribution is -2.45. The molecule has 0 aliphatic carbocycles. The summed E-state index contributed by atoms with van der Waals surface area (Å²) >= 11 is 0. The van der Waals surface area contributed by atoms with Crippen LogP contribution in [0.15, 0.2) is 12.2 Å². The summed E-state index contributed by atoms with van der Waals surface area (Å²) in [4.78, 5) is 24.5. The average Bonchev–Trinajstić information content (AvgIpc) is 3.37. The number of ether oxygens (including phenoxy) is 1. The largest absolute Gasteiger partial charge is 0.466 e. The molecule has 0 spiro atoms. The number of esters is 1. The van der Waals surface area contributed by atoms with Crippen LogP contribution in [0.25, 0.3) is 0 Å². The van der Waals surface area contributed by atoms with Crippen LogP contribution in [0.3, 0.4) is 0 Å². The molecular formula is C65H127NO5. The SMILES string of the molecule is CCCCC/C=C\CCCCCCCC(=O)OCCCCCCCCCCCCCCCCCCCCCCCCCCCCCCCC(=O)NC(CO)C(O)CCCCCCCCCCCCCCC. The molecule has 2 unspecified atom stereocenters. The number of hydrogen-bond donors (Lipinski definition) is 3. The van der Waals surface area contributed by atoms with Crippen molar-refractivity contribution in [2.45, 2.75) is 379 Å². The zero-order valence-corrected chi connectivity index (χ0v) is 48.2. The van der Waals surface area contributed by atoms with Gasteiger partial charge >= 0.3 is 5.97 Å². The minimum absolute atomic E-state index is 0.00986. The van der Waals surface area contributed by atoms with Crippen molar-refractivity contribution in [3.63, 3.8) is 0 Å². The molecule has 71 heavy (non-hydrogen) atoms. The molecule has 0 aromatic heterocycles. The number of unbranched alkanes of at least 4 members (excludes halogenated alkanes) is 48. The molecule has 0 saturated carbocycles. The summed E-state index contributed by atoms with van der Waals surface area (Å²) < 4.78 is 5.47. The van der Waals surface area contributed by atoms with E-state index in [1.54, 1.807) is 0 Å². The molecule has 0 saturated heterocycles. The van der Waals surface area contributed by atoms with Crippen LogP contribution < -0.4 is 5.32 Å². The summed E-state index contributed by atoms with van der Waals surface area (Å²) in [6.07, 6.45) is 73.9. The van der Waals surface area contributed by atoms with Crippen LogP contribution >= 0.6 is 0 Å². The number of aliphatic hydroxyl groups is 2. The summed E-state index contributed by atoms with van der Waals surface area (Å²) in [6, 6.07) is -0.537. The van der Waals surface area contributed by atoms with E-state index in [-0.39, 0.29) is 18.5 Å². The third-order valence-electron chi connectivity index (χ3n) is 15.3. The highest BCUT2D eigenvalue weighted by Gasteiger charge is 2.20. The maximum atomic E-state index is 12.5. The first-order valence-corrected chi connectivity index (χ1v) is 32.4. The summed E-state index contributed by atoms with van der Waals surface area (Å²) in [5.74, 6) is -0.0196. The van der Waals surface area contributed by atoms with Crippen molar-refractivity contribution in [1.82, 2.24) is 5.32 Å². The van der Waals surface area contributed by atoms with E-state index in [4.69, 9.17) is 4.74 Å². The number of carbonyl (C=O) groups excluding carboxylic acids is 2. The molecular weight excluding hydrogens is 875 g/mol. The van der Waals surface area contributed by atoms with Crippen molar-refractivity contribution in [3.05, 3.63) is 12.2 Å². The van der Waals surface area contributed by atoms with Crippen molar-refractivity contribution in [1.29, 1.82) is 0 Å². The third-order valence-corrected chi connectivity index (χ3v) is 15.3. The fourth-order valence-electron chi connectivity index (χ4n) is 10.3.